The zero-order chi connectivity index (χ0) is 26.2. The van der Waals surface area contributed by atoms with E-state index in [0.29, 0.717) is 29.8 Å². The van der Waals surface area contributed by atoms with E-state index in [1.54, 1.807) is 18.3 Å². The zero-order valence-corrected chi connectivity index (χ0v) is 21.5. The molecule has 0 fully saturated rings. The number of aromatic nitrogens is 3. The molecule has 2 aromatic heterocycles. The number of aryl methyl sites for hydroxylation is 1. The number of carbonyl (C=O) groups excluding carboxylic acids is 1. The molecule has 0 saturated carbocycles. The number of amides is 1. The van der Waals surface area contributed by atoms with Gasteiger partial charge in [0.2, 0.25) is 11.9 Å². The Labute approximate surface area is 217 Å². The van der Waals surface area contributed by atoms with Crippen molar-refractivity contribution < 1.29 is 9.53 Å². The Morgan fingerprint density at radius 3 is 2.84 bits per heavy atom. The van der Waals surface area contributed by atoms with Crippen LogP contribution in [-0.2, 0) is 11.8 Å². The highest BCUT2D eigenvalue weighted by atomic mass is 16.5. The van der Waals surface area contributed by atoms with Gasteiger partial charge in [0.15, 0.2) is 0 Å². The molecule has 37 heavy (non-hydrogen) atoms. The van der Waals surface area contributed by atoms with Crippen molar-refractivity contribution in [3.8, 4) is 17.0 Å². The van der Waals surface area contributed by atoms with Crippen LogP contribution in [0.2, 0.25) is 0 Å². The highest BCUT2D eigenvalue weighted by Crippen LogP contribution is 2.31. The van der Waals surface area contributed by atoms with Crippen molar-refractivity contribution in [1.29, 1.82) is 0 Å². The average molecular weight is 500 g/mol. The normalized spacial score (nSPS) is 11.0. The molecule has 192 valence electrons. The van der Waals surface area contributed by atoms with Gasteiger partial charge in [-0.3, -0.25) is 10.1 Å². The van der Waals surface area contributed by atoms with E-state index < -0.39 is 0 Å². The smallest absolute Gasteiger partial charge is 0.247 e. The maximum Gasteiger partial charge on any atom is 0.247 e. The zero-order valence-electron chi connectivity index (χ0n) is 21.5. The summed E-state index contributed by atoms with van der Waals surface area (Å²) in [7, 11) is 6.12. The van der Waals surface area contributed by atoms with Gasteiger partial charge in [-0.15, -0.1) is 0 Å². The summed E-state index contributed by atoms with van der Waals surface area (Å²) in [6, 6.07) is 15.6. The molecule has 0 aliphatic rings. The molecule has 1 amide bonds. The van der Waals surface area contributed by atoms with Crippen molar-refractivity contribution in [1.82, 2.24) is 24.8 Å². The third-order valence-electron chi connectivity index (χ3n) is 5.80. The van der Waals surface area contributed by atoms with Crippen LogP contribution in [0.4, 0.5) is 17.3 Å². The van der Waals surface area contributed by atoms with E-state index in [0.717, 1.165) is 41.7 Å². The Hall–Kier alpha value is -4.21. The number of carbonyl (C=O) groups is 1. The Balaban J connectivity index is 1.50. The third kappa shape index (κ3) is 6.72. The molecule has 0 aliphatic heterocycles. The molecule has 9 nitrogen and oxygen atoms in total. The molecule has 0 aliphatic carbocycles. The number of anilines is 3. The maximum atomic E-state index is 12.0. The number of fused-ring (bicyclic) bond motifs is 1. The summed E-state index contributed by atoms with van der Waals surface area (Å²) in [4.78, 5) is 23.3. The summed E-state index contributed by atoms with van der Waals surface area (Å²) in [6.45, 7) is 5.70. The first-order valence-electron chi connectivity index (χ1n) is 12.1. The van der Waals surface area contributed by atoms with Gasteiger partial charge in [-0.05, 0) is 70.0 Å². The fraction of sp³-hybridized carbons (Fsp3) is 0.250. The lowest BCUT2D eigenvalue weighted by molar-refractivity contribution is -0.111. The van der Waals surface area contributed by atoms with E-state index in [2.05, 4.69) is 55.3 Å². The standard InChI is InChI=1S/C28H33N7O2/c1-5-27(36)32-24-17-20(11-12-26(24)37-19-29-14-8-16-34(2)3)31-28-30-15-13-23(33-28)22-18-35(4)25-10-7-6-9-21(22)25/h5-7,9-13,15,17-18,29H,1,8,14,16,19H2,2-4H3,(H,32,36)(H,30,31,33). The molecule has 0 spiro atoms. The number of hydrogen-bond acceptors (Lipinski definition) is 7. The van der Waals surface area contributed by atoms with Crippen LogP contribution in [0.5, 0.6) is 5.75 Å². The molecule has 3 N–H and O–H groups in total. The highest BCUT2D eigenvalue weighted by molar-refractivity contribution is 6.00. The van der Waals surface area contributed by atoms with Gasteiger partial charge in [0.1, 0.15) is 12.5 Å². The van der Waals surface area contributed by atoms with Crippen LogP contribution in [0.1, 0.15) is 6.42 Å². The number of hydrogen-bond donors (Lipinski definition) is 3. The molecule has 4 rings (SSSR count). The van der Waals surface area contributed by atoms with Crippen molar-refractivity contribution in [3.05, 3.63) is 73.6 Å². The SMILES string of the molecule is C=CC(=O)Nc1cc(Nc2nccc(-c3cn(C)c4ccccc34)n2)ccc1OCNCCCN(C)C. The van der Waals surface area contributed by atoms with Crippen molar-refractivity contribution in [2.24, 2.45) is 7.05 Å². The van der Waals surface area contributed by atoms with E-state index in [1.807, 2.05) is 45.4 Å². The van der Waals surface area contributed by atoms with Crippen molar-refractivity contribution in [2.45, 2.75) is 6.42 Å². The van der Waals surface area contributed by atoms with Crippen LogP contribution in [0.25, 0.3) is 22.2 Å². The lowest BCUT2D eigenvalue weighted by Crippen LogP contribution is -2.25. The quantitative estimate of drug-likeness (QED) is 0.151. The fourth-order valence-corrected chi connectivity index (χ4v) is 3.98. The number of rotatable bonds is 12. The summed E-state index contributed by atoms with van der Waals surface area (Å²) < 4.78 is 7.97. The molecular formula is C28H33N7O2. The Kier molecular flexibility index (Phi) is 8.50. The molecule has 2 aromatic carbocycles. The molecule has 0 radical (unpaired) electrons. The van der Waals surface area contributed by atoms with Crippen LogP contribution in [0.3, 0.4) is 0 Å². The van der Waals surface area contributed by atoms with Gasteiger partial charge >= 0.3 is 0 Å². The van der Waals surface area contributed by atoms with Gasteiger partial charge in [0.25, 0.3) is 0 Å². The van der Waals surface area contributed by atoms with Crippen LogP contribution in [0, 0.1) is 0 Å². The van der Waals surface area contributed by atoms with Gasteiger partial charge in [0.05, 0.1) is 11.4 Å². The minimum Gasteiger partial charge on any atom is -0.476 e. The topological polar surface area (TPSA) is 96.3 Å². The predicted octanol–water partition coefficient (Wildman–Crippen LogP) is 4.38. The number of nitrogens with one attached hydrogen (secondary N) is 3. The first-order chi connectivity index (χ1) is 17.9. The molecule has 0 saturated heterocycles. The Bertz CT molecular complexity index is 1380. The predicted molar refractivity (Wildman–Crippen MR) is 149 cm³/mol. The van der Waals surface area contributed by atoms with Crippen molar-refractivity contribution in [2.75, 3.05) is 44.5 Å². The van der Waals surface area contributed by atoms with Crippen LogP contribution >= 0.6 is 0 Å². The van der Waals surface area contributed by atoms with E-state index in [4.69, 9.17) is 9.72 Å². The second-order valence-corrected chi connectivity index (χ2v) is 8.91. The first kappa shape index (κ1) is 25.9. The molecule has 0 unspecified atom stereocenters. The maximum absolute atomic E-state index is 12.0. The van der Waals surface area contributed by atoms with Crippen LogP contribution < -0.4 is 20.7 Å². The van der Waals surface area contributed by atoms with Gasteiger partial charge in [-0.25, -0.2) is 9.97 Å². The largest absolute Gasteiger partial charge is 0.476 e. The summed E-state index contributed by atoms with van der Waals surface area (Å²) in [5.74, 6) is 0.670. The highest BCUT2D eigenvalue weighted by Gasteiger charge is 2.12. The second kappa shape index (κ2) is 12.2. The first-order valence-corrected chi connectivity index (χ1v) is 12.1. The minimum atomic E-state index is -0.324. The van der Waals surface area contributed by atoms with Gasteiger partial charge < -0.3 is 24.8 Å². The van der Waals surface area contributed by atoms with Crippen LogP contribution in [0.15, 0.2) is 73.6 Å². The summed E-state index contributed by atoms with van der Waals surface area (Å²) >= 11 is 0. The molecular weight excluding hydrogens is 466 g/mol. The summed E-state index contributed by atoms with van der Waals surface area (Å²) in [5, 5.41) is 10.4. The molecule has 0 bridgehead atoms. The number of benzene rings is 2. The van der Waals surface area contributed by atoms with Crippen molar-refractivity contribution >= 4 is 34.1 Å². The van der Waals surface area contributed by atoms with Gasteiger partial charge in [-0.2, -0.15) is 0 Å². The van der Waals surface area contributed by atoms with Gasteiger partial charge in [-0.1, -0.05) is 24.8 Å². The number of nitrogens with zero attached hydrogens (tertiary/aromatic N) is 4. The third-order valence-corrected chi connectivity index (χ3v) is 5.80. The van der Waals surface area contributed by atoms with Gasteiger partial charge in [0, 0.05) is 41.6 Å². The minimum absolute atomic E-state index is 0.324. The number of para-hydroxylation sites is 1. The lowest BCUT2D eigenvalue weighted by atomic mass is 10.1. The van der Waals surface area contributed by atoms with E-state index in [1.165, 1.54) is 6.08 Å². The molecule has 0 atom stereocenters. The lowest BCUT2D eigenvalue weighted by Gasteiger charge is -2.15. The van der Waals surface area contributed by atoms with Crippen molar-refractivity contribution in [3.63, 3.8) is 0 Å². The summed E-state index contributed by atoms with van der Waals surface area (Å²) in [5.41, 5.74) is 4.21. The van der Waals surface area contributed by atoms with Crippen LogP contribution in [-0.4, -0.2) is 59.3 Å². The monoisotopic (exact) mass is 499 g/mol. The summed E-state index contributed by atoms with van der Waals surface area (Å²) in [6.07, 6.45) is 6.03. The average Bonchev–Trinajstić information content (AvgIpc) is 3.23. The molecule has 2 heterocycles. The Morgan fingerprint density at radius 2 is 2.03 bits per heavy atom. The molecule has 4 aromatic rings. The van der Waals surface area contributed by atoms with E-state index >= 15 is 0 Å². The van der Waals surface area contributed by atoms with E-state index in [9.17, 15) is 4.79 Å². The second-order valence-electron chi connectivity index (χ2n) is 8.91. The molecule has 9 heteroatoms. The Morgan fingerprint density at radius 1 is 1.19 bits per heavy atom. The number of ether oxygens (including phenoxy) is 1. The van der Waals surface area contributed by atoms with E-state index in [-0.39, 0.29) is 5.91 Å². The fourth-order valence-electron chi connectivity index (χ4n) is 3.98.